The van der Waals surface area contributed by atoms with Crippen LogP contribution < -0.4 is 5.73 Å². The molecular formula is C20H31N3O3. The number of nitrogens with zero attached hydrogens (tertiary/aromatic N) is 2. The molecule has 1 aliphatic heterocycles. The summed E-state index contributed by atoms with van der Waals surface area (Å²) in [5.74, 6) is 0.133. The molecule has 0 bridgehead atoms. The summed E-state index contributed by atoms with van der Waals surface area (Å²) in [5, 5.41) is 0. The Hall–Kier alpha value is -2.08. The summed E-state index contributed by atoms with van der Waals surface area (Å²) in [6, 6.07) is 9.30. The van der Waals surface area contributed by atoms with E-state index in [1.54, 1.807) is 4.90 Å². The lowest BCUT2D eigenvalue weighted by Gasteiger charge is -2.38. The highest BCUT2D eigenvalue weighted by Crippen LogP contribution is 2.19. The number of carbonyl (C=O) groups is 2. The third-order valence-electron chi connectivity index (χ3n) is 5.00. The molecule has 0 spiro atoms. The fourth-order valence-corrected chi connectivity index (χ4v) is 3.23. The highest BCUT2D eigenvalue weighted by atomic mass is 16.6. The van der Waals surface area contributed by atoms with Gasteiger partial charge >= 0.3 is 6.09 Å². The van der Waals surface area contributed by atoms with Crippen LogP contribution in [-0.2, 0) is 16.1 Å². The first-order valence-electron chi connectivity index (χ1n) is 9.45. The van der Waals surface area contributed by atoms with Crippen LogP contribution in [0.2, 0.25) is 0 Å². The van der Waals surface area contributed by atoms with Gasteiger partial charge in [-0.15, -0.1) is 0 Å². The van der Waals surface area contributed by atoms with E-state index in [0.717, 1.165) is 18.4 Å². The fourth-order valence-electron chi connectivity index (χ4n) is 3.23. The van der Waals surface area contributed by atoms with E-state index in [9.17, 15) is 9.59 Å². The Morgan fingerprint density at radius 3 is 2.38 bits per heavy atom. The molecule has 1 atom stereocenters. The summed E-state index contributed by atoms with van der Waals surface area (Å²) < 4.78 is 5.46. The average molecular weight is 361 g/mol. The Kier molecular flexibility index (Phi) is 7.45. The van der Waals surface area contributed by atoms with E-state index in [2.05, 4.69) is 0 Å². The second-order valence-electron chi connectivity index (χ2n) is 7.15. The minimum absolute atomic E-state index is 0.00755. The number of benzene rings is 1. The van der Waals surface area contributed by atoms with Crippen molar-refractivity contribution in [1.29, 1.82) is 0 Å². The van der Waals surface area contributed by atoms with Crippen LogP contribution >= 0.6 is 0 Å². The van der Waals surface area contributed by atoms with Gasteiger partial charge in [-0.05, 0) is 31.2 Å². The lowest BCUT2D eigenvalue weighted by Crippen LogP contribution is -2.53. The zero-order valence-electron chi connectivity index (χ0n) is 16.1. The first kappa shape index (κ1) is 20.2. The van der Waals surface area contributed by atoms with Crippen molar-refractivity contribution in [3.05, 3.63) is 35.9 Å². The predicted octanol–water partition coefficient (Wildman–Crippen LogP) is 2.62. The number of carbonyl (C=O) groups excluding carboxylic acids is 2. The van der Waals surface area contributed by atoms with Crippen LogP contribution in [0.15, 0.2) is 30.3 Å². The van der Waals surface area contributed by atoms with Crippen LogP contribution in [-0.4, -0.2) is 53.5 Å². The second-order valence-corrected chi connectivity index (χ2v) is 7.15. The molecule has 1 heterocycles. The quantitative estimate of drug-likeness (QED) is 0.845. The monoisotopic (exact) mass is 361 g/mol. The minimum atomic E-state index is -0.454. The molecule has 1 fully saturated rings. The highest BCUT2D eigenvalue weighted by Gasteiger charge is 2.31. The van der Waals surface area contributed by atoms with Crippen molar-refractivity contribution >= 4 is 12.0 Å². The summed E-state index contributed by atoms with van der Waals surface area (Å²) in [4.78, 5) is 28.4. The maximum Gasteiger partial charge on any atom is 0.410 e. The molecule has 144 valence electrons. The van der Waals surface area contributed by atoms with Gasteiger partial charge in [-0.2, -0.15) is 0 Å². The van der Waals surface area contributed by atoms with Gasteiger partial charge in [-0.25, -0.2) is 4.79 Å². The van der Waals surface area contributed by atoms with E-state index in [1.807, 2.05) is 56.0 Å². The Balaban J connectivity index is 1.85. The molecule has 1 aromatic carbocycles. The predicted molar refractivity (Wildman–Crippen MR) is 101 cm³/mol. The van der Waals surface area contributed by atoms with E-state index < -0.39 is 6.04 Å². The molecule has 26 heavy (non-hydrogen) atoms. The summed E-state index contributed by atoms with van der Waals surface area (Å²) in [5.41, 5.74) is 6.95. The summed E-state index contributed by atoms with van der Waals surface area (Å²) in [6.07, 6.45) is 1.22. The van der Waals surface area contributed by atoms with Gasteiger partial charge in [0.2, 0.25) is 5.91 Å². The Morgan fingerprint density at radius 2 is 1.85 bits per heavy atom. The van der Waals surface area contributed by atoms with Crippen molar-refractivity contribution < 1.29 is 14.3 Å². The first-order valence-corrected chi connectivity index (χ1v) is 9.45. The molecule has 6 nitrogen and oxygen atoms in total. The van der Waals surface area contributed by atoms with Crippen LogP contribution in [0.1, 0.15) is 39.2 Å². The zero-order valence-corrected chi connectivity index (χ0v) is 16.1. The highest BCUT2D eigenvalue weighted by molar-refractivity contribution is 5.82. The van der Waals surface area contributed by atoms with Gasteiger partial charge in [0.25, 0.3) is 0 Å². The van der Waals surface area contributed by atoms with Crippen molar-refractivity contribution in [3.8, 4) is 0 Å². The van der Waals surface area contributed by atoms with Gasteiger partial charge in [-0.1, -0.05) is 44.2 Å². The lowest BCUT2D eigenvalue weighted by molar-refractivity contribution is -0.135. The summed E-state index contributed by atoms with van der Waals surface area (Å²) in [7, 11) is 0. The maximum absolute atomic E-state index is 12.5. The van der Waals surface area contributed by atoms with Crippen molar-refractivity contribution in [1.82, 2.24) is 9.80 Å². The summed E-state index contributed by atoms with van der Waals surface area (Å²) >= 11 is 0. The zero-order chi connectivity index (χ0) is 19.1. The molecule has 1 unspecified atom stereocenters. The molecular weight excluding hydrogens is 330 g/mol. The molecule has 0 radical (unpaired) electrons. The molecule has 1 aliphatic rings. The van der Waals surface area contributed by atoms with Crippen LogP contribution in [0.3, 0.4) is 0 Å². The van der Waals surface area contributed by atoms with E-state index in [4.69, 9.17) is 10.5 Å². The molecule has 1 saturated heterocycles. The van der Waals surface area contributed by atoms with Crippen LogP contribution in [0.25, 0.3) is 0 Å². The van der Waals surface area contributed by atoms with Crippen LogP contribution in [0.5, 0.6) is 0 Å². The van der Waals surface area contributed by atoms with E-state index in [0.29, 0.717) is 19.6 Å². The number of hydrogen-bond donors (Lipinski definition) is 1. The third kappa shape index (κ3) is 5.21. The molecule has 0 saturated carbocycles. The molecule has 6 heteroatoms. The number of piperidine rings is 1. The number of amides is 2. The van der Waals surface area contributed by atoms with E-state index >= 15 is 0 Å². The number of likely N-dealkylation sites (tertiary alicyclic amines) is 1. The topological polar surface area (TPSA) is 75.9 Å². The number of hydrogen-bond acceptors (Lipinski definition) is 4. The Labute approximate surface area is 156 Å². The molecule has 0 aromatic heterocycles. The summed E-state index contributed by atoms with van der Waals surface area (Å²) in [6.45, 7) is 8.00. The van der Waals surface area contributed by atoms with E-state index in [1.165, 1.54) is 0 Å². The third-order valence-corrected chi connectivity index (χ3v) is 5.00. The van der Waals surface area contributed by atoms with Gasteiger partial charge in [0, 0.05) is 25.7 Å². The van der Waals surface area contributed by atoms with Crippen molar-refractivity contribution in [2.24, 2.45) is 11.7 Å². The number of ether oxygens (including phenoxy) is 1. The second kappa shape index (κ2) is 9.57. The van der Waals surface area contributed by atoms with Crippen molar-refractivity contribution in [2.45, 2.75) is 52.3 Å². The smallest absolute Gasteiger partial charge is 0.410 e. The number of rotatable bonds is 6. The van der Waals surface area contributed by atoms with Gasteiger partial charge in [-0.3, -0.25) is 4.79 Å². The molecule has 2 N–H and O–H groups in total. The van der Waals surface area contributed by atoms with E-state index in [-0.39, 0.29) is 30.6 Å². The van der Waals surface area contributed by atoms with Crippen LogP contribution in [0.4, 0.5) is 4.79 Å². The van der Waals surface area contributed by atoms with Gasteiger partial charge in [0.1, 0.15) is 6.61 Å². The van der Waals surface area contributed by atoms with Gasteiger partial charge in [0.05, 0.1) is 6.04 Å². The maximum atomic E-state index is 12.5. The van der Waals surface area contributed by atoms with Crippen molar-refractivity contribution in [3.63, 3.8) is 0 Å². The van der Waals surface area contributed by atoms with Gasteiger partial charge in [0.15, 0.2) is 0 Å². The largest absolute Gasteiger partial charge is 0.445 e. The normalized spacial score (nSPS) is 16.4. The Morgan fingerprint density at radius 1 is 1.23 bits per heavy atom. The molecule has 1 aromatic rings. The standard InChI is InChI=1S/C20H31N3O3/c1-4-23(20(25)26-14-16-8-6-5-7-9-16)17-10-12-22(13-11-17)19(24)18(21)15(2)3/h5-9,15,17-18H,4,10-14,21H2,1-3H3. The van der Waals surface area contributed by atoms with Crippen LogP contribution in [0, 0.1) is 5.92 Å². The molecule has 2 amide bonds. The molecule has 2 rings (SSSR count). The number of nitrogens with two attached hydrogens (primary N) is 1. The van der Waals surface area contributed by atoms with Gasteiger partial charge < -0.3 is 20.3 Å². The SMILES string of the molecule is CCN(C(=O)OCc1ccccc1)C1CCN(C(=O)C(N)C(C)C)CC1. The fraction of sp³-hybridized carbons (Fsp3) is 0.600. The average Bonchev–Trinajstić information content (AvgIpc) is 2.67. The van der Waals surface area contributed by atoms with Crippen molar-refractivity contribution in [2.75, 3.05) is 19.6 Å². The Bertz CT molecular complexity index is 583. The minimum Gasteiger partial charge on any atom is -0.445 e. The first-order chi connectivity index (χ1) is 12.4. The molecule has 0 aliphatic carbocycles. The lowest BCUT2D eigenvalue weighted by atomic mass is 9.99.